The van der Waals surface area contributed by atoms with E-state index in [1.807, 2.05) is 37.3 Å². The molecule has 0 bridgehead atoms. The minimum Gasteiger partial charge on any atom is -0.464 e. The number of rotatable bonds is 5. The van der Waals surface area contributed by atoms with Crippen molar-refractivity contribution in [3.05, 3.63) is 107 Å². The van der Waals surface area contributed by atoms with Gasteiger partial charge in [-0.2, -0.15) is 5.01 Å². The topological polar surface area (TPSA) is 91.7 Å². The highest BCUT2D eigenvalue weighted by Crippen LogP contribution is 2.35. The molecule has 1 aromatic heterocycles. The standard InChI is InChI=1S/C26H21N3O4/c1-17-12-13-21-18(16-33-22(21)14-17)15-23(30)28-29-24(31)26(27-25(29)32,19-8-4-2-5-9-19)20-10-6-3-7-11-20/h2-14,16H,15H2,1H3,(H,27,32)(H,28,30). The van der Waals surface area contributed by atoms with Crippen molar-refractivity contribution in [3.63, 3.8) is 0 Å². The summed E-state index contributed by atoms with van der Waals surface area (Å²) in [5, 5.41) is 4.38. The van der Waals surface area contributed by atoms with Gasteiger partial charge in [-0.05, 0) is 29.7 Å². The van der Waals surface area contributed by atoms with Crippen LogP contribution in [0.2, 0.25) is 0 Å². The van der Waals surface area contributed by atoms with Crippen molar-refractivity contribution in [1.29, 1.82) is 0 Å². The molecule has 0 radical (unpaired) electrons. The molecule has 1 fully saturated rings. The Hall–Kier alpha value is -4.39. The Kier molecular flexibility index (Phi) is 4.94. The third kappa shape index (κ3) is 3.43. The molecule has 0 aliphatic carbocycles. The second-order valence-electron chi connectivity index (χ2n) is 8.03. The van der Waals surface area contributed by atoms with E-state index in [4.69, 9.17) is 4.42 Å². The molecule has 7 heteroatoms. The molecule has 33 heavy (non-hydrogen) atoms. The molecule has 0 spiro atoms. The van der Waals surface area contributed by atoms with Crippen LogP contribution in [0.5, 0.6) is 0 Å². The van der Waals surface area contributed by atoms with Gasteiger partial charge in [0.1, 0.15) is 5.58 Å². The third-order valence-electron chi connectivity index (χ3n) is 5.83. The number of nitrogens with zero attached hydrogens (tertiary/aromatic N) is 1. The lowest BCUT2D eigenvalue weighted by Gasteiger charge is -2.27. The summed E-state index contributed by atoms with van der Waals surface area (Å²) in [5.74, 6) is -1.08. The zero-order chi connectivity index (χ0) is 23.0. The lowest BCUT2D eigenvalue weighted by Crippen LogP contribution is -2.49. The number of hydrazine groups is 1. The summed E-state index contributed by atoms with van der Waals surface area (Å²) < 4.78 is 5.55. The van der Waals surface area contributed by atoms with E-state index in [9.17, 15) is 14.4 Å². The molecule has 0 atom stereocenters. The molecule has 1 saturated heterocycles. The highest BCUT2D eigenvalue weighted by atomic mass is 16.3. The molecule has 0 unspecified atom stereocenters. The molecule has 2 heterocycles. The Morgan fingerprint density at radius 1 is 0.970 bits per heavy atom. The van der Waals surface area contributed by atoms with Crippen LogP contribution in [-0.2, 0) is 21.5 Å². The second-order valence-corrected chi connectivity index (χ2v) is 8.03. The minimum absolute atomic E-state index is 0.0448. The number of fused-ring (bicyclic) bond motifs is 1. The van der Waals surface area contributed by atoms with Gasteiger partial charge in [0.15, 0.2) is 5.54 Å². The van der Waals surface area contributed by atoms with Gasteiger partial charge in [0.05, 0.1) is 12.7 Å². The SMILES string of the molecule is Cc1ccc2c(CC(=O)NN3C(=O)NC(c4ccccc4)(c4ccccc4)C3=O)coc2c1. The van der Waals surface area contributed by atoms with E-state index in [1.165, 1.54) is 6.26 Å². The van der Waals surface area contributed by atoms with Crippen LogP contribution in [0.25, 0.3) is 11.0 Å². The zero-order valence-electron chi connectivity index (χ0n) is 17.9. The van der Waals surface area contributed by atoms with Gasteiger partial charge in [0.25, 0.3) is 5.91 Å². The normalized spacial score (nSPS) is 15.0. The van der Waals surface area contributed by atoms with Crippen molar-refractivity contribution in [2.75, 3.05) is 0 Å². The molecule has 7 nitrogen and oxygen atoms in total. The van der Waals surface area contributed by atoms with Crippen LogP contribution in [-0.4, -0.2) is 22.9 Å². The lowest BCUT2D eigenvalue weighted by molar-refractivity contribution is -0.138. The van der Waals surface area contributed by atoms with Crippen LogP contribution in [0, 0.1) is 6.92 Å². The van der Waals surface area contributed by atoms with Gasteiger partial charge in [-0.3, -0.25) is 15.0 Å². The lowest BCUT2D eigenvalue weighted by atomic mass is 9.83. The molecule has 164 valence electrons. The van der Waals surface area contributed by atoms with Crippen molar-refractivity contribution in [1.82, 2.24) is 15.8 Å². The van der Waals surface area contributed by atoms with Crippen molar-refractivity contribution in [2.24, 2.45) is 0 Å². The first kappa shape index (κ1) is 20.5. The van der Waals surface area contributed by atoms with Gasteiger partial charge in [-0.25, -0.2) is 4.79 Å². The molecular formula is C26H21N3O4. The Balaban J connectivity index is 1.44. The maximum atomic E-state index is 13.6. The quantitative estimate of drug-likeness (QED) is 0.463. The van der Waals surface area contributed by atoms with Crippen LogP contribution >= 0.6 is 0 Å². The zero-order valence-corrected chi connectivity index (χ0v) is 17.9. The monoisotopic (exact) mass is 439 g/mol. The van der Waals surface area contributed by atoms with E-state index in [2.05, 4.69) is 10.7 Å². The number of furan rings is 1. The average Bonchev–Trinajstić information content (AvgIpc) is 3.33. The minimum atomic E-state index is -1.44. The number of carbonyl (C=O) groups excluding carboxylic acids is 3. The molecule has 4 aromatic rings. The molecule has 2 N–H and O–H groups in total. The first-order valence-corrected chi connectivity index (χ1v) is 10.5. The van der Waals surface area contributed by atoms with E-state index >= 15 is 0 Å². The summed E-state index contributed by atoms with van der Waals surface area (Å²) in [6.45, 7) is 1.96. The number of hydrogen-bond acceptors (Lipinski definition) is 4. The molecular weight excluding hydrogens is 418 g/mol. The van der Waals surface area contributed by atoms with Gasteiger partial charge in [0, 0.05) is 10.9 Å². The Labute approximate surface area is 190 Å². The Bertz CT molecular complexity index is 1320. The number of benzene rings is 3. The number of aryl methyl sites for hydroxylation is 1. The fourth-order valence-corrected chi connectivity index (χ4v) is 4.23. The van der Waals surface area contributed by atoms with Gasteiger partial charge in [0.2, 0.25) is 5.91 Å². The van der Waals surface area contributed by atoms with Crippen LogP contribution in [0.4, 0.5) is 4.79 Å². The molecule has 0 saturated carbocycles. The van der Waals surface area contributed by atoms with Crippen LogP contribution in [0.3, 0.4) is 0 Å². The highest BCUT2D eigenvalue weighted by Gasteiger charge is 2.54. The molecule has 1 aliphatic rings. The number of nitrogens with one attached hydrogen (secondary N) is 2. The van der Waals surface area contributed by atoms with Gasteiger partial charge in [-0.1, -0.05) is 72.8 Å². The summed E-state index contributed by atoms with van der Waals surface area (Å²) in [7, 11) is 0. The molecule has 1 aliphatic heterocycles. The number of carbonyl (C=O) groups is 3. The molecule has 5 rings (SSSR count). The predicted molar refractivity (Wildman–Crippen MR) is 122 cm³/mol. The average molecular weight is 439 g/mol. The first-order chi connectivity index (χ1) is 16.0. The van der Waals surface area contributed by atoms with Crippen LogP contribution in [0.15, 0.2) is 89.5 Å². The predicted octanol–water partition coefficient (Wildman–Crippen LogP) is 3.81. The molecule has 3 aromatic carbocycles. The van der Waals surface area contributed by atoms with E-state index in [-0.39, 0.29) is 6.42 Å². The third-order valence-corrected chi connectivity index (χ3v) is 5.83. The van der Waals surface area contributed by atoms with Gasteiger partial charge in [-0.15, -0.1) is 0 Å². The van der Waals surface area contributed by atoms with Crippen molar-refractivity contribution >= 4 is 28.8 Å². The van der Waals surface area contributed by atoms with E-state index in [0.29, 0.717) is 22.3 Å². The highest BCUT2D eigenvalue weighted by molar-refractivity contribution is 6.10. The summed E-state index contributed by atoms with van der Waals surface area (Å²) in [5.41, 5.74) is 4.64. The summed E-state index contributed by atoms with van der Waals surface area (Å²) in [4.78, 5) is 39.4. The van der Waals surface area contributed by atoms with E-state index in [1.54, 1.807) is 48.5 Å². The maximum Gasteiger partial charge on any atom is 0.344 e. The number of urea groups is 1. The van der Waals surface area contributed by atoms with Crippen molar-refractivity contribution in [2.45, 2.75) is 18.9 Å². The van der Waals surface area contributed by atoms with Gasteiger partial charge >= 0.3 is 6.03 Å². The van der Waals surface area contributed by atoms with Crippen molar-refractivity contribution < 1.29 is 18.8 Å². The van der Waals surface area contributed by atoms with E-state index in [0.717, 1.165) is 16.0 Å². The van der Waals surface area contributed by atoms with E-state index < -0.39 is 23.4 Å². The summed E-state index contributed by atoms with van der Waals surface area (Å²) in [6.07, 6.45) is 1.48. The Morgan fingerprint density at radius 3 is 2.24 bits per heavy atom. The van der Waals surface area contributed by atoms with Crippen LogP contribution < -0.4 is 10.7 Å². The first-order valence-electron chi connectivity index (χ1n) is 10.5. The maximum absolute atomic E-state index is 13.6. The smallest absolute Gasteiger partial charge is 0.344 e. The fourth-order valence-electron chi connectivity index (χ4n) is 4.23. The largest absolute Gasteiger partial charge is 0.464 e. The second kappa shape index (κ2) is 7.94. The summed E-state index contributed by atoms with van der Waals surface area (Å²) >= 11 is 0. The number of amides is 4. The van der Waals surface area contributed by atoms with Gasteiger partial charge < -0.3 is 9.73 Å². The molecule has 4 amide bonds. The van der Waals surface area contributed by atoms with Crippen molar-refractivity contribution in [3.8, 4) is 0 Å². The fraction of sp³-hybridized carbons (Fsp3) is 0.115. The Morgan fingerprint density at radius 2 is 1.61 bits per heavy atom. The van der Waals surface area contributed by atoms with Crippen LogP contribution in [0.1, 0.15) is 22.3 Å². The summed E-state index contributed by atoms with van der Waals surface area (Å²) in [6, 6.07) is 23.0. The number of imide groups is 1. The number of hydrogen-bond donors (Lipinski definition) is 2.